The zero-order valence-electron chi connectivity index (χ0n) is 30.9. The Bertz CT molecular complexity index is 2000. The highest BCUT2D eigenvalue weighted by Gasteiger charge is 2.50. The molecule has 51 heavy (non-hydrogen) atoms. The van der Waals surface area contributed by atoms with Crippen LogP contribution in [0.3, 0.4) is 0 Å². The second-order valence-electron chi connectivity index (χ2n) is 14.6. The van der Waals surface area contributed by atoms with Crippen molar-refractivity contribution in [3.8, 4) is 0 Å². The summed E-state index contributed by atoms with van der Waals surface area (Å²) >= 11 is 3.45. The van der Waals surface area contributed by atoms with E-state index in [9.17, 15) is 4.79 Å². The van der Waals surface area contributed by atoms with Gasteiger partial charge in [-0.25, -0.2) is 0 Å². The molecule has 7 heteroatoms. The smallest absolute Gasteiger partial charge is 0.261 e. The number of aryl methyl sites for hydroxylation is 1. The Labute approximate surface area is 313 Å². The minimum absolute atomic E-state index is 0.0400. The lowest BCUT2D eigenvalue weighted by atomic mass is 10.1. The monoisotopic (exact) mass is 732 g/mol. The van der Waals surface area contributed by atoms with Gasteiger partial charge in [-0.15, -0.1) is 22.7 Å². The molecule has 0 atom stereocenters. The predicted octanol–water partition coefficient (Wildman–Crippen LogP) is 11.3. The van der Waals surface area contributed by atoms with Crippen LogP contribution in [-0.2, 0) is 11.0 Å². The van der Waals surface area contributed by atoms with Gasteiger partial charge < -0.3 is 13.9 Å². The van der Waals surface area contributed by atoms with Crippen LogP contribution in [0.25, 0.3) is 32.6 Å². The Hall–Kier alpha value is -3.75. The number of fused-ring (bicyclic) bond motifs is 3. The molecular weight excluding hydrogens is 681 g/mol. The molecule has 4 nitrogen and oxygen atoms in total. The number of hydrogen-bond acceptors (Lipinski definition) is 5. The van der Waals surface area contributed by atoms with E-state index in [-0.39, 0.29) is 5.04 Å². The summed E-state index contributed by atoms with van der Waals surface area (Å²) in [6.45, 7) is 11.7. The van der Waals surface area contributed by atoms with E-state index in [4.69, 9.17) is 4.43 Å². The molecule has 0 saturated heterocycles. The van der Waals surface area contributed by atoms with Crippen molar-refractivity contribution in [2.45, 2.75) is 77.8 Å². The van der Waals surface area contributed by atoms with Gasteiger partial charge in [-0.3, -0.25) is 4.79 Å². The Morgan fingerprint density at radius 2 is 1.31 bits per heavy atom. The lowest BCUT2D eigenvalue weighted by Crippen LogP contribution is -2.67. The van der Waals surface area contributed by atoms with Crippen molar-refractivity contribution in [1.82, 2.24) is 4.57 Å². The number of likely N-dealkylation sites (N-methyl/N-ethyl adjacent to an activating group) is 1. The second kappa shape index (κ2) is 16.7. The zero-order valence-corrected chi connectivity index (χ0v) is 33.5. The standard InChI is InChI=1S/C44H52N2O2S2Si/c1-6-7-8-9-10-17-28-46-40-31-36(49-42(40)43-41(46)32-37(33-47)50-43)27-24-34-22-25-35(26-23-34)45(5)29-30-48-51(44(2,3)4,38-18-13-11-14-19-38)39-20-15-12-16-21-39/h11-16,18-27,31-33H,6-10,17,28-30H2,1-5H3/b27-24+. The number of rotatable bonds is 17. The number of aldehydes is 1. The van der Waals surface area contributed by atoms with Crippen LogP contribution in [0.5, 0.6) is 0 Å². The van der Waals surface area contributed by atoms with E-state index in [1.807, 2.05) is 11.3 Å². The van der Waals surface area contributed by atoms with Crippen molar-refractivity contribution >= 4 is 85.9 Å². The van der Waals surface area contributed by atoms with Crippen LogP contribution in [-0.4, -0.2) is 39.4 Å². The number of carbonyl (C=O) groups excluding carboxylic acids is 1. The summed E-state index contributed by atoms with van der Waals surface area (Å²) in [7, 11) is -0.410. The Kier molecular flexibility index (Phi) is 12.1. The first-order valence-corrected chi connectivity index (χ1v) is 22.0. The molecule has 0 N–H and O–H groups in total. The topological polar surface area (TPSA) is 34.5 Å². The molecule has 0 saturated carbocycles. The van der Waals surface area contributed by atoms with Crippen molar-refractivity contribution in [3.05, 3.63) is 112 Å². The summed E-state index contributed by atoms with van der Waals surface area (Å²) in [5.74, 6) is 0. The molecule has 0 amide bonds. The van der Waals surface area contributed by atoms with E-state index in [2.05, 4.69) is 153 Å². The van der Waals surface area contributed by atoms with Gasteiger partial charge in [-0.2, -0.15) is 0 Å². The fourth-order valence-electron chi connectivity index (χ4n) is 7.33. The molecule has 0 aliphatic carbocycles. The minimum atomic E-state index is -2.56. The summed E-state index contributed by atoms with van der Waals surface area (Å²) in [4.78, 5) is 16.0. The number of carbonyl (C=O) groups is 1. The van der Waals surface area contributed by atoms with Crippen molar-refractivity contribution in [1.29, 1.82) is 0 Å². The highest BCUT2D eigenvalue weighted by molar-refractivity contribution is 7.28. The van der Waals surface area contributed by atoms with Gasteiger partial charge in [-0.1, -0.05) is 139 Å². The summed E-state index contributed by atoms with van der Waals surface area (Å²) in [6.07, 6.45) is 13.1. The van der Waals surface area contributed by atoms with Crippen molar-refractivity contribution in [3.63, 3.8) is 0 Å². The molecule has 0 aliphatic rings. The molecule has 3 aromatic heterocycles. The van der Waals surface area contributed by atoms with Crippen molar-refractivity contribution < 1.29 is 9.22 Å². The zero-order chi connectivity index (χ0) is 35.8. The number of hydrogen-bond donors (Lipinski definition) is 0. The van der Waals surface area contributed by atoms with Gasteiger partial charge in [0.2, 0.25) is 0 Å². The van der Waals surface area contributed by atoms with Crippen LogP contribution in [0.1, 0.15) is 86.3 Å². The molecule has 3 heterocycles. The molecule has 0 unspecified atom stereocenters. The van der Waals surface area contributed by atoms with Crippen LogP contribution in [0.15, 0.2) is 97.1 Å². The maximum atomic E-state index is 11.6. The molecular formula is C44H52N2O2S2Si. The molecule has 0 radical (unpaired) electrons. The third-order valence-corrected chi connectivity index (χ3v) is 17.4. The quantitative estimate of drug-likeness (QED) is 0.0532. The fourth-order valence-corrected chi connectivity index (χ4v) is 14.1. The van der Waals surface area contributed by atoms with E-state index in [0.29, 0.717) is 6.61 Å². The molecule has 266 valence electrons. The maximum Gasteiger partial charge on any atom is 0.261 e. The lowest BCUT2D eigenvalue weighted by molar-refractivity contribution is 0.112. The van der Waals surface area contributed by atoms with Crippen LogP contribution in [0.4, 0.5) is 5.69 Å². The molecule has 6 rings (SSSR count). The minimum Gasteiger partial charge on any atom is -0.406 e. The van der Waals surface area contributed by atoms with Gasteiger partial charge in [-0.05, 0) is 57.7 Å². The summed E-state index contributed by atoms with van der Waals surface area (Å²) in [5, 5.41) is 2.58. The predicted molar refractivity (Wildman–Crippen MR) is 226 cm³/mol. The number of aromatic nitrogens is 1. The molecule has 0 spiro atoms. The van der Waals surface area contributed by atoms with Gasteiger partial charge in [0.15, 0.2) is 6.29 Å². The summed E-state index contributed by atoms with van der Waals surface area (Å²) in [5.41, 5.74) is 4.86. The van der Waals surface area contributed by atoms with Crippen molar-refractivity contribution in [2.24, 2.45) is 0 Å². The highest BCUT2D eigenvalue weighted by atomic mass is 32.1. The average molecular weight is 733 g/mol. The first-order chi connectivity index (χ1) is 24.7. The number of benzene rings is 3. The molecule has 3 aromatic carbocycles. The molecule has 0 fully saturated rings. The molecule has 6 aromatic rings. The fraction of sp³-hybridized carbons (Fsp3) is 0.341. The Balaban J connectivity index is 1.13. The van der Waals surface area contributed by atoms with Gasteiger partial charge in [0, 0.05) is 30.7 Å². The lowest BCUT2D eigenvalue weighted by Gasteiger charge is -2.43. The van der Waals surface area contributed by atoms with E-state index in [1.165, 1.54) is 85.5 Å². The number of anilines is 1. The number of nitrogens with zero attached hydrogens (tertiary/aromatic N) is 2. The first-order valence-electron chi connectivity index (χ1n) is 18.5. The van der Waals surface area contributed by atoms with E-state index in [1.54, 1.807) is 11.3 Å². The SMILES string of the molecule is CCCCCCCCn1c2cc(C=O)sc2c2sc(/C=C/c3ccc(N(C)CCO[Si](c4ccccc4)(c4ccccc4)C(C)(C)C)cc3)cc21. The normalized spacial score (nSPS) is 12.4. The third-order valence-electron chi connectivity index (χ3n) is 10.0. The van der Waals surface area contributed by atoms with Crippen LogP contribution < -0.4 is 15.3 Å². The third kappa shape index (κ3) is 8.17. The largest absolute Gasteiger partial charge is 0.406 e. The summed E-state index contributed by atoms with van der Waals surface area (Å²) < 4.78 is 12.1. The van der Waals surface area contributed by atoms with Crippen molar-refractivity contribution in [2.75, 3.05) is 25.1 Å². The van der Waals surface area contributed by atoms with Gasteiger partial charge in [0.05, 0.1) is 31.9 Å². The van der Waals surface area contributed by atoms with Crippen LogP contribution in [0.2, 0.25) is 5.04 Å². The number of thiophene rings is 2. The Morgan fingerprint density at radius 3 is 1.90 bits per heavy atom. The van der Waals surface area contributed by atoms with E-state index < -0.39 is 8.32 Å². The average Bonchev–Trinajstić information content (AvgIpc) is 3.83. The Morgan fingerprint density at radius 1 is 0.745 bits per heavy atom. The van der Waals surface area contributed by atoms with Gasteiger partial charge in [0.1, 0.15) is 0 Å². The molecule has 0 bridgehead atoms. The van der Waals surface area contributed by atoms with Gasteiger partial charge >= 0.3 is 0 Å². The number of unbranched alkanes of at least 4 members (excludes halogenated alkanes) is 5. The summed E-state index contributed by atoms with van der Waals surface area (Å²) in [6, 6.07) is 34.9. The van der Waals surface area contributed by atoms with E-state index >= 15 is 0 Å². The van der Waals surface area contributed by atoms with Crippen LogP contribution >= 0.6 is 22.7 Å². The molecule has 0 aliphatic heterocycles. The van der Waals surface area contributed by atoms with E-state index in [0.717, 1.165) is 24.3 Å². The second-order valence-corrected chi connectivity index (χ2v) is 21.1. The first kappa shape index (κ1) is 37.0. The maximum absolute atomic E-state index is 11.6. The highest BCUT2D eigenvalue weighted by Crippen LogP contribution is 2.41. The van der Waals surface area contributed by atoms with Gasteiger partial charge in [0.25, 0.3) is 8.32 Å². The van der Waals surface area contributed by atoms with Crippen LogP contribution in [0, 0.1) is 0 Å².